The van der Waals surface area contributed by atoms with Gasteiger partial charge in [-0.1, -0.05) is 18.2 Å². The molecular weight excluding hydrogens is 252 g/mol. The molecule has 0 saturated heterocycles. The van der Waals surface area contributed by atoms with Gasteiger partial charge in [0.25, 0.3) is 0 Å². The van der Waals surface area contributed by atoms with E-state index in [2.05, 4.69) is 46.9 Å². The molecule has 0 aliphatic rings. The summed E-state index contributed by atoms with van der Waals surface area (Å²) >= 11 is 1.84. The Kier molecular flexibility index (Phi) is 5.92. The van der Waals surface area contributed by atoms with Gasteiger partial charge in [-0.2, -0.15) is 0 Å². The first-order chi connectivity index (χ1) is 7.81. The highest BCUT2D eigenvalue weighted by Gasteiger charge is 2.05. The van der Waals surface area contributed by atoms with E-state index in [1.165, 1.54) is 15.6 Å². The molecule has 0 aliphatic heterocycles. The van der Waals surface area contributed by atoms with Crippen molar-refractivity contribution in [3.63, 3.8) is 0 Å². The minimum Gasteiger partial charge on any atom is -0.318 e. The minimum atomic E-state index is 0. The molecule has 0 unspecified atom stereocenters. The quantitative estimate of drug-likeness (QED) is 0.899. The number of fused-ring (bicyclic) bond motifs is 1. The second-order valence-corrected chi connectivity index (χ2v) is 5.01. The van der Waals surface area contributed by atoms with Gasteiger partial charge in [0, 0.05) is 24.3 Å². The minimum absolute atomic E-state index is 0. The number of nitrogens with one attached hydrogen (secondary N) is 1. The van der Waals surface area contributed by atoms with Crippen LogP contribution in [-0.2, 0) is 6.54 Å². The SMILES string of the molecule is CNCCN(C)Cc1csc2ccccc12.Cl. The molecule has 0 atom stereocenters. The number of hydrogen-bond donors (Lipinski definition) is 1. The summed E-state index contributed by atoms with van der Waals surface area (Å²) < 4.78 is 1.39. The normalized spacial score (nSPS) is 10.8. The molecule has 0 aliphatic carbocycles. The maximum atomic E-state index is 3.18. The highest BCUT2D eigenvalue weighted by atomic mass is 35.5. The topological polar surface area (TPSA) is 15.3 Å². The number of likely N-dealkylation sites (N-methyl/N-ethyl adjacent to an activating group) is 2. The van der Waals surface area contributed by atoms with Crippen LogP contribution in [0.15, 0.2) is 29.6 Å². The first-order valence-corrected chi connectivity index (χ1v) is 6.47. The zero-order valence-corrected chi connectivity index (χ0v) is 11.9. The predicted octanol–water partition coefficient (Wildman–Crippen LogP) is 2.97. The fraction of sp³-hybridized carbons (Fsp3) is 0.385. The first-order valence-electron chi connectivity index (χ1n) is 5.59. The Hall–Kier alpha value is -0.610. The molecule has 94 valence electrons. The van der Waals surface area contributed by atoms with Crippen molar-refractivity contribution < 1.29 is 0 Å². The zero-order valence-electron chi connectivity index (χ0n) is 10.3. The maximum absolute atomic E-state index is 3.18. The molecule has 1 heterocycles. The van der Waals surface area contributed by atoms with Gasteiger partial charge in [0.1, 0.15) is 0 Å². The Morgan fingerprint density at radius 3 is 2.82 bits per heavy atom. The lowest BCUT2D eigenvalue weighted by Gasteiger charge is -2.15. The number of thiophene rings is 1. The average Bonchev–Trinajstić information content (AvgIpc) is 2.70. The molecule has 2 rings (SSSR count). The van der Waals surface area contributed by atoms with Gasteiger partial charge in [-0.15, -0.1) is 23.7 Å². The smallest absolute Gasteiger partial charge is 0.0346 e. The van der Waals surface area contributed by atoms with E-state index in [-0.39, 0.29) is 12.4 Å². The number of halogens is 1. The number of hydrogen-bond acceptors (Lipinski definition) is 3. The van der Waals surface area contributed by atoms with Crippen molar-refractivity contribution in [1.29, 1.82) is 0 Å². The fourth-order valence-corrected chi connectivity index (χ4v) is 2.78. The lowest BCUT2D eigenvalue weighted by Crippen LogP contribution is -2.26. The van der Waals surface area contributed by atoms with Crippen LogP contribution in [0.4, 0.5) is 0 Å². The van der Waals surface area contributed by atoms with Crippen LogP contribution in [0.1, 0.15) is 5.56 Å². The summed E-state index contributed by atoms with van der Waals surface area (Å²) in [5.41, 5.74) is 1.44. The van der Waals surface area contributed by atoms with Gasteiger partial charge in [0.15, 0.2) is 0 Å². The van der Waals surface area contributed by atoms with E-state index in [1.807, 2.05) is 18.4 Å². The third-order valence-electron chi connectivity index (χ3n) is 2.74. The largest absolute Gasteiger partial charge is 0.318 e. The Balaban J connectivity index is 0.00000144. The molecule has 0 bridgehead atoms. The zero-order chi connectivity index (χ0) is 11.4. The van der Waals surface area contributed by atoms with Crippen LogP contribution in [0.5, 0.6) is 0 Å². The molecule has 2 aromatic rings. The molecule has 0 radical (unpaired) electrons. The highest BCUT2D eigenvalue weighted by molar-refractivity contribution is 7.17. The Morgan fingerprint density at radius 1 is 1.29 bits per heavy atom. The van der Waals surface area contributed by atoms with Crippen molar-refractivity contribution in [1.82, 2.24) is 10.2 Å². The van der Waals surface area contributed by atoms with Crippen molar-refractivity contribution >= 4 is 33.8 Å². The summed E-state index contributed by atoms with van der Waals surface area (Å²) in [7, 11) is 4.16. The van der Waals surface area contributed by atoms with Crippen molar-refractivity contribution in [3.05, 3.63) is 35.2 Å². The van der Waals surface area contributed by atoms with Gasteiger partial charge < -0.3 is 10.2 Å². The third kappa shape index (κ3) is 3.68. The average molecular weight is 271 g/mol. The van der Waals surface area contributed by atoms with Gasteiger partial charge in [-0.25, -0.2) is 0 Å². The van der Waals surface area contributed by atoms with Gasteiger partial charge in [-0.05, 0) is 36.5 Å². The van der Waals surface area contributed by atoms with Crippen molar-refractivity contribution in [3.8, 4) is 0 Å². The van der Waals surface area contributed by atoms with Crippen LogP contribution in [0, 0.1) is 0 Å². The second-order valence-electron chi connectivity index (χ2n) is 4.10. The molecule has 0 amide bonds. The first kappa shape index (κ1) is 14.5. The highest BCUT2D eigenvalue weighted by Crippen LogP contribution is 2.26. The summed E-state index contributed by atoms with van der Waals surface area (Å²) in [6.07, 6.45) is 0. The van der Waals surface area contributed by atoms with Gasteiger partial charge in [-0.3, -0.25) is 0 Å². The molecule has 1 N–H and O–H groups in total. The lowest BCUT2D eigenvalue weighted by molar-refractivity contribution is 0.329. The summed E-state index contributed by atoms with van der Waals surface area (Å²) in [6.45, 7) is 3.16. The Bertz CT molecular complexity index is 455. The second kappa shape index (κ2) is 6.97. The van der Waals surface area contributed by atoms with Crippen molar-refractivity contribution in [2.45, 2.75) is 6.54 Å². The molecule has 0 spiro atoms. The van der Waals surface area contributed by atoms with Crippen LogP contribution < -0.4 is 5.32 Å². The van der Waals surface area contributed by atoms with E-state index >= 15 is 0 Å². The van der Waals surface area contributed by atoms with Crippen LogP contribution >= 0.6 is 23.7 Å². The maximum Gasteiger partial charge on any atom is 0.0346 e. The predicted molar refractivity (Wildman–Crippen MR) is 79.3 cm³/mol. The Labute approximate surface area is 113 Å². The van der Waals surface area contributed by atoms with Crippen molar-refractivity contribution in [2.75, 3.05) is 27.2 Å². The fourth-order valence-electron chi connectivity index (χ4n) is 1.83. The van der Waals surface area contributed by atoms with E-state index in [1.54, 1.807) is 0 Å². The summed E-state index contributed by atoms with van der Waals surface area (Å²) in [4.78, 5) is 2.35. The van der Waals surface area contributed by atoms with Gasteiger partial charge >= 0.3 is 0 Å². The lowest BCUT2D eigenvalue weighted by atomic mass is 10.2. The van der Waals surface area contributed by atoms with E-state index in [4.69, 9.17) is 0 Å². The van der Waals surface area contributed by atoms with Crippen LogP contribution in [0.3, 0.4) is 0 Å². The van der Waals surface area contributed by atoms with E-state index in [0.29, 0.717) is 0 Å². The summed E-state index contributed by atoms with van der Waals surface area (Å²) in [5.74, 6) is 0. The van der Waals surface area contributed by atoms with Crippen LogP contribution in [-0.4, -0.2) is 32.1 Å². The Morgan fingerprint density at radius 2 is 2.06 bits per heavy atom. The molecule has 1 aromatic heterocycles. The molecule has 17 heavy (non-hydrogen) atoms. The number of benzene rings is 1. The van der Waals surface area contributed by atoms with Crippen LogP contribution in [0.25, 0.3) is 10.1 Å². The number of rotatable bonds is 5. The third-order valence-corrected chi connectivity index (χ3v) is 3.76. The molecule has 1 aromatic carbocycles. The molecule has 0 fully saturated rings. The standard InChI is InChI=1S/C13H18N2S.ClH/c1-14-7-8-15(2)9-11-10-16-13-6-4-3-5-12(11)13;/h3-6,10,14H,7-9H2,1-2H3;1H. The van der Waals surface area contributed by atoms with Crippen LogP contribution in [0.2, 0.25) is 0 Å². The molecule has 0 saturated carbocycles. The van der Waals surface area contributed by atoms with Gasteiger partial charge in [0.2, 0.25) is 0 Å². The van der Waals surface area contributed by atoms with E-state index in [9.17, 15) is 0 Å². The molecule has 4 heteroatoms. The van der Waals surface area contributed by atoms with E-state index in [0.717, 1.165) is 19.6 Å². The monoisotopic (exact) mass is 270 g/mol. The molecule has 2 nitrogen and oxygen atoms in total. The van der Waals surface area contributed by atoms with Crippen molar-refractivity contribution in [2.24, 2.45) is 0 Å². The summed E-state index contributed by atoms with van der Waals surface area (Å²) in [6, 6.07) is 8.63. The summed E-state index contributed by atoms with van der Waals surface area (Å²) in [5, 5.41) is 6.86. The number of nitrogens with zero attached hydrogens (tertiary/aromatic N) is 1. The van der Waals surface area contributed by atoms with E-state index < -0.39 is 0 Å². The van der Waals surface area contributed by atoms with Gasteiger partial charge in [0.05, 0.1) is 0 Å². The molecular formula is C13H19ClN2S.